The predicted molar refractivity (Wildman–Crippen MR) is 117 cm³/mol. The molecule has 1 heterocycles. The van der Waals surface area contributed by atoms with E-state index in [0.717, 1.165) is 4.47 Å². The zero-order valence-electron chi connectivity index (χ0n) is 15.7. The van der Waals surface area contributed by atoms with Crippen LogP contribution in [-0.2, 0) is 0 Å². The van der Waals surface area contributed by atoms with Crippen molar-refractivity contribution in [1.82, 2.24) is 5.32 Å². The van der Waals surface area contributed by atoms with Gasteiger partial charge in [0.15, 0.2) is 6.23 Å². The van der Waals surface area contributed by atoms with E-state index < -0.39 is 12.3 Å². The van der Waals surface area contributed by atoms with Crippen LogP contribution in [0.5, 0.6) is 0 Å². The number of aliphatic hydroxyl groups is 1. The molecule has 0 bridgehead atoms. The van der Waals surface area contributed by atoms with Crippen molar-refractivity contribution in [3.05, 3.63) is 64.6 Å². The second kappa shape index (κ2) is 9.11. The first-order chi connectivity index (χ1) is 13.4. The average molecular weight is 463 g/mol. The number of carbonyl (C=O) groups excluding carboxylic acids is 2. The Morgan fingerprint density at radius 3 is 2.46 bits per heavy atom. The van der Waals surface area contributed by atoms with Crippen molar-refractivity contribution in [2.45, 2.75) is 37.8 Å². The minimum atomic E-state index is -1.06. The van der Waals surface area contributed by atoms with Crippen molar-refractivity contribution in [3.8, 4) is 0 Å². The Morgan fingerprint density at radius 1 is 1.18 bits per heavy atom. The number of halogens is 1. The van der Waals surface area contributed by atoms with Gasteiger partial charge in [-0.05, 0) is 40.4 Å². The van der Waals surface area contributed by atoms with Gasteiger partial charge in [-0.2, -0.15) is 0 Å². The highest BCUT2D eigenvalue weighted by Crippen LogP contribution is 2.35. The van der Waals surface area contributed by atoms with Crippen LogP contribution in [0, 0.1) is 5.92 Å². The van der Waals surface area contributed by atoms with Crippen LogP contribution in [0.15, 0.2) is 59.1 Å². The summed E-state index contributed by atoms with van der Waals surface area (Å²) in [5.41, 5.74) is 1.21. The quantitative estimate of drug-likeness (QED) is 0.654. The van der Waals surface area contributed by atoms with Gasteiger partial charge in [-0.3, -0.25) is 9.69 Å². The lowest BCUT2D eigenvalue weighted by Crippen LogP contribution is -2.44. The Morgan fingerprint density at radius 2 is 1.82 bits per heavy atom. The molecule has 3 rings (SSSR count). The largest absolute Gasteiger partial charge is 0.371 e. The molecule has 1 aliphatic rings. The Balaban J connectivity index is 1.83. The van der Waals surface area contributed by atoms with E-state index in [9.17, 15) is 14.7 Å². The van der Waals surface area contributed by atoms with E-state index >= 15 is 0 Å². The SMILES string of the molecule is CC(C)C[C@@H](SC(=O)c1ccccc1)[C@H]1NC(=O)N(c2ccccc2Br)[C@@H]1O. The number of nitrogens with one attached hydrogen (secondary N) is 1. The molecule has 148 valence electrons. The number of carbonyl (C=O) groups is 2. The van der Waals surface area contributed by atoms with Crippen molar-refractivity contribution in [2.24, 2.45) is 5.92 Å². The molecule has 2 N–H and O–H groups in total. The lowest BCUT2D eigenvalue weighted by atomic mass is 10.0. The molecule has 1 saturated heterocycles. The Kier molecular flexibility index (Phi) is 6.80. The number of anilines is 1. The third kappa shape index (κ3) is 4.59. The standard InChI is InChI=1S/C21H23BrN2O3S/c1-13(2)12-17(28-20(26)14-8-4-3-5-9-14)18-19(25)24(21(27)23-18)16-11-7-6-10-15(16)22/h3-11,13,17-19,25H,12H2,1-2H3,(H,23,27)/t17-,18-,19-/m1/s1. The summed E-state index contributed by atoms with van der Waals surface area (Å²) in [6.45, 7) is 4.13. The normalized spacial score (nSPS) is 20.3. The number of rotatable bonds is 6. The van der Waals surface area contributed by atoms with Gasteiger partial charge in [0.25, 0.3) is 0 Å². The molecule has 3 atom stereocenters. The lowest BCUT2D eigenvalue weighted by molar-refractivity contribution is 0.108. The fourth-order valence-corrected chi connectivity index (χ4v) is 5.12. The van der Waals surface area contributed by atoms with E-state index in [2.05, 4.69) is 35.1 Å². The minimum absolute atomic E-state index is 0.0629. The fourth-order valence-electron chi connectivity index (χ4n) is 3.26. The van der Waals surface area contributed by atoms with Gasteiger partial charge in [0.1, 0.15) is 0 Å². The maximum Gasteiger partial charge on any atom is 0.324 e. The molecule has 0 aliphatic carbocycles. The predicted octanol–water partition coefficient (Wildman–Crippen LogP) is 4.65. The van der Waals surface area contributed by atoms with Gasteiger partial charge in [0.2, 0.25) is 5.12 Å². The molecule has 2 amide bonds. The van der Waals surface area contributed by atoms with Crippen LogP contribution < -0.4 is 10.2 Å². The first kappa shape index (κ1) is 20.9. The molecule has 0 unspecified atom stereocenters. The molecule has 0 spiro atoms. The molecule has 1 fully saturated rings. The van der Waals surface area contributed by atoms with Crippen LogP contribution in [0.3, 0.4) is 0 Å². The highest BCUT2D eigenvalue weighted by Gasteiger charge is 2.44. The van der Waals surface area contributed by atoms with Gasteiger partial charge >= 0.3 is 6.03 Å². The fraction of sp³-hybridized carbons (Fsp3) is 0.333. The van der Waals surface area contributed by atoms with E-state index in [1.165, 1.54) is 16.7 Å². The summed E-state index contributed by atoms with van der Waals surface area (Å²) < 4.78 is 0.721. The van der Waals surface area contributed by atoms with Crippen LogP contribution in [0.4, 0.5) is 10.5 Å². The number of para-hydroxylation sites is 1. The smallest absolute Gasteiger partial charge is 0.324 e. The highest BCUT2D eigenvalue weighted by atomic mass is 79.9. The monoisotopic (exact) mass is 462 g/mol. The zero-order chi connectivity index (χ0) is 20.3. The van der Waals surface area contributed by atoms with Crippen molar-refractivity contribution in [1.29, 1.82) is 0 Å². The van der Waals surface area contributed by atoms with Crippen LogP contribution in [0.25, 0.3) is 0 Å². The summed E-state index contributed by atoms with van der Waals surface area (Å²) >= 11 is 4.62. The molecule has 2 aromatic carbocycles. The Hall–Kier alpha value is -1.83. The summed E-state index contributed by atoms with van der Waals surface area (Å²) in [7, 11) is 0. The number of benzene rings is 2. The molecule has 0 aromatic heterocycles. The number of hydrogen-bond acceptors (Lipinski definition) is 4. The van der Waals surface area contributed by atoms with Crippen LogP contribution in [-0.4, -0.2) is 33.8 Å². The molecule has 0 saturated carbocycles. The zero-order valence-corrected chi connectivity index (χ0v) is 18.1. The summed E-state index contributed by atoms with van der Waals surface area (Å²) in [6.07, 6.45) is -0.374. The summed E-state index contributed by atoms with van der Waals surface area (Å²) in [5, 5.41) is 13.5. The number of aliphatic hydroxyl groups excluding tert-OH is 1. The second-order valence-corrected chi connectivity index (χ2v) is 9.22. The maximum absolute atomic E-state index is 12.7. The summed E-state index contributed by atoms with van der Waals surface area (Å²) in [4.78, 5) is 26.7. The third-order valence-electron chi connectivity index (χ3n) is 4.58. The molecular weight excluding hydrogens is 440 g/mol. The number of hydrogen-bond donors (Lipinski definition) is 2. The first-order valence-corrected chi connectivity index (χ1v) is 10.8. The molecule has 1 aliphatic heterocycles. The number of amides is 2. The van der Waals surface area contributed by atoms with Gasteiger partial charge in [-0.15, -0.1) is 0 Å². The number of thioether (sulfide) groups is 1. The average Bonchev–Trinajstić information content (AvgIpc) is 2.96. The van der Waals surface area contributed by atoms with Gasteiger partial charge in [0, 0.05) is 15.3 Å². The third-order valence-corrected chi connectivity index (χ3v) is 6.49. The first-order valence-electron chi connectivity index (χ1n) is 9.17. The van der Waals surface area contributed by atoms with E-state index in [1.54, 1.807) is 18.2 Å². The number of nitrogens with zero attached hydrogens (tertiary/aromatic N) is 1. The van der Waals surface area contributed by atoms with Crippen molar-refractivity contribution < 1.29 is 14.7 Å². The van der Waals surface area contributed by atoms with Gasteiger partial charge in [-0.25, -0.2) is 4.79 Å². The van der Waals surface area contributed by atoms with Gasteiger partial charge < -0.3 is 10.4 Å². The van der Waals surface area contributed by atoms with Crippen molar-refractivity contribution in [2.75, 3.05) is 4.90 Å². The second-order valence-electron chi connectivity index (χ2n) is 7.15. The highest BCUT2D eigenvalue weighted by molar-refractivity contribution is 9.10. The topological polar surface area (TPSA) is 69.6 Å². The van der Waals surface area contributed by atoms with E-state index in [0.29, 0.717) is 23.6 Å². The van der Waals surface area contributed by atoms with Gasteiger partial charge in [-0.1, -0.05) is 68.1 Å². The Bertz CT molecular complexity index is 847. The molecule has 28 heavy (non-hydrogen) atoms. The van der Waals surface area contributed by atoms with E-state index in [1.807, 2.05) is 36.4 Å². The molecule has 0 radical (unpaired) electrons. The van der Waals surface area contributed by atoms with Crippen molar-refractivity contribution >= 4 is 44.5 Å². The number of urea groups is 1. The summed E-state index contributed by atoms with van der Waals surface area (Å²) in [6, 6.07) is 15.4. The van der Waals surface area contributed by atoms with Crippen LogP contribution in [0.1, 0.15) is 30.6 Å². The van der Waals surface area contributed by atoms with Crippen molar-refractivity contribution in [3.63, 3.8) is 0 Å². The van der Waals surface area contributed by atoms with E-state index in [-0.39, 0.29) is 16.4 Å². The van der Waals surface area contributed by atoms with Crippen LogP contribution >= 0.6 is 27.7 Å². The maximum atomic E-state index is 12.7. The molecule has 7 heteroatoms. The minimum Gasteiger partial charge on any atom is -0.371 e. The van der Waals surface area contributed by atoms with Gasteiger partial charge in [0.05, 0.1) is 11.7 Å². The van der Waals surface area contributed by atoms with E-state index in [4.69, 9.17) is 0 Å². The lowest BCUT2D eigenvalue weighted by Gasteiger charge is -2.28. The molecular formula is C21H23BrN2O3S. The Labute approximate surface area is 177 Å². The molecule has 2 aromatic rings. The van der Waals surface area contributed by atoms with Crippen LogP contribution in [0.2, 0.25) is 0 Å². The molecule has 5 nitrogen and oxygen atoms in total. The summed E-state index contributed by atoms with van der Waals surface area (Å²) in [5.74, 6) is 0.308.